The number of nitrogens with zero attached hydrogens (tertiary/aromatic N) is 2. The lowest BCUT2D eigenvalue weighted by Crippen LogP contribution is -2.58. The third-order valence-electron chi connectivity index (χ3n) is 3.55. The molecule has 0 bridgehead atoms. The van der Waals surface area contributed by atoms with Gasteiger partial charge in [-0.15, -0.1) is 24.8 Å². The monoisotopic (exact) mass is 345 g/mol. The van der Waals surface area contributed by atoms with E-state index in [1.165, 1.54) is 0 Å². The minimum absolute atomic E-state index is 0. The molecule has 3 unspecified atom stereocenters. The molecular formula is C13H29Cl2N3O3. The summed E-state index contributed by atoms with van der Waals surface area (Å²) in [7, 11) is 1.54. The molecule has 0 radical (unpaired) electrons. The predicted octanol–water partition coefficient (Wildman–Crippen LogP) is 0.107. The smallest absolute Gasteiger partial charge is 0.241 e. The van der Waals surface area contributed by atoms with E-state index in [1.807, 2.05) is 4.90 Å². The maximum absolute atomic E-state index is 12.1. The van der Waals surface area contributed by atoms with Crippen LogP contribution in [-0.4, -0.2) is 78.9 Å². The summed E-state index contributed by atoms with van der Waals surface area (Å²) in [6, 6.07) is -0.284. The summed E-state index contributed by atoms with van der Waals surface area (Å²) in [6.07, 6.45) is 0.614. The van der Waals surface area contributed by atoms with Gasteiger partial charge in [0, 0.05) is 39.3 Å². The fourth-order valence-electron chi connectivity index (χ4n) is 2.55. The SMILES string of the molecule is CCC1CN(C(=O)C(N)COC)CCN1CC(C)O.Cl.Cl. The van der Waals surface area contributed by atoms with Crippen LogP contribution in [-0.2, 0) is 9.53 Å². The number of methoxy groups -OCH3 is 1. The summed E-state index contributed by atoms with van der Waals surface area (Å²) in [6.45, 7) is 6.93. The number of nitrogens with two attached hydrogens (primary N) is 1. The summed E-state index contributed by atoms with van der Waals surface area (Å²) in [5.74, 6) is -0.0444. The molecule has 0 aromatic carbocycles. The van der Waals surface area contributed by atoms with Crippen molar-refractivity contribution in [3.05, 3.63) is 0 Å². The van der Waals surface area contributed by atoms with Gasteiger partial charge in [-0.25, -0.2) is 0 Å². The third-order valence-corrected chi connectivity index (χ3v) is 3.55. The van der Waals surface area contributed by atoms with Crippen molar-refractivity contribution in [2.45, 2.75) is 38.5 Å². The maximum atomic E-state index is 12.1. The molecule has 0 spiro atoms. The molecule has 1 fully saturated rings. The third kappa shape index (κ3) is 7.13. The van der Waals surface area contributed by atoms with E-state index in [9.17, 15) is 9.90 Å². The molecule has 3 N–H and O–H groups in total. The highest BCUT2D eigenvalue weighted by molar-refractivity contribution is 5.85. The van der Waals surface area contributed by atoms with Crippen LogP contribution in [0.1, 0.15) is 20.3 Å². The minimum Gasteiger partial charge on any atom is -0.392 e. The van der Waals surface area contributed by atoms with Gasteiger partial charge >= 0.3 is 0 Å². The molecule has 128 valence electrons. The van der Waals surface area contributed by atoms with Crippen molar-refractivity contribution < 1.29 is 14.6 Å². The molecule has 0 saturated carbocycles. The van der Waals surface area contributed by atoms with Crippen LogP contribution in [0.2, 0.25) is 0 Å². The normalized spacial score (nSPS) is 22.0. The summed E-state index contributed by atoms with van der Waals surface area (Å²) in [5.41, 5.74) is 5.79. The number of hydrogen-bond acceptors (Lipinski definition) is 5. The van der Waals surface area contributed by atoms with Gasteiger partial charge in [0.2, 0.25) is 5.91 Å². The Labute approximate surface area is 139 Å². The second-order valence-corrected chi connectivity index (χ2v) is 5.25. The molecule has 3 atom stereocenters. The molecule has 1 aliphatic rings. The van der Waals surface area contributed by atoms with Gasteiger partial charge in [0.15, 0.2) is 0 Å². The van der Waals surface area contributed by atoms with E-state index in [-0.39, 0.29) is 43.4 Å². The summed E-state index contributed by atoms with van der Waals surface area (Å²) < 4.78 is 4.93. The minimum atomic E-state index is -0.578. The Morgan fingerprint density at radius 1 is 1.43 bits per heavy atom. The van der Waals surface area contributed by atoms with E-state index in [4.69, 9.17) is 10.5 Å². The summed E-state index contributed by atoms with van der Waals surface area (Å²) in [4.78, 5) is 16.2. The van der Waals surface area contributed by atoms with E-state index in [0.717, 1.165) is 13.0 Å². The van der Waals surface area contributed by atoms with Crippen molar-refractivity contribution in [2.24, 2.45) is 5.73 Å². The molecule has 6 nitrogen and oxygen atoms in total. The summed E-state index contributed by atoms with van der Waals surface area (Å²) >= 11 is 0. The molecule has 1 aliphatic heterocycles. The molecule has 21 heavy (non-hydrogen) atoms. The number of carbonyl (C=O) groups is 1. The Balaban J connectivity index is 0. The number of ether oxygens (including phenoxy) is 1. The van der Waals surface area contributed by atoms with Crippen molar-refractivity contribution in [1.29, 1.82) is 0 Å². The van der Waals surface area contributed by atoms with Crippen molar-refractivity contribution >= 4 is 30.7 Å². The number of β-amino-alcohol motifs (C(OH)–C–C–N with tert-alkyl or cyclic N) is 1. The first-order chi connectivity index (χ1) is 8.99. The van der Waals surface area contributed by atoms with Gasteiger partial charge in [0.05, 0.1) is 12.7 Å². The van der Waals surface area contributed by atoms with E-state index in [2.05, 4.69) is 11.8 Å². The van der Waals surface area contributed by atoms with Crippen LogP contribution >= 0.6 is 24.8 Å². The van der Waals surface area contributed by atoms with E-state index in [0.29, 0.717) is 25.7 Å². The van der Waals surface area contributed by atoms with Crippen LogP contribution in [0.5, 0.6) is 0 Å². The number of aliphatic hydroxyl groups excluding tert-OH is 1. The molecule has 8 heteroatoms. The Morgan fingerprint density at radius 2 is 2.05 bits per heavy atom. The second-order valence-electron chi connectivity index (χ2n) is 5.25. The topological polar surface area (TPSA) is 79.0 Å². The van der Waals surface area contributed by atoms with Gasteiger partial charge in [-0.05, 0) is 13.3 Å². The Kier molecular flexibility index (Phi) is 12.6. The van der Waals surface area contributed by atoms with Crippen LogP contribution < -0.4 is 5.73 Å². The molecule has 1 amide bonds. The van der Waals surface area contributed by atoms with Gasteiger partial charge in [-0.2, -0.15) is 0 Å². The lowest BCUT2D eigenvalue weighted by molar-refractivity contribution is -0.137. The standard InChI is InChI=1S/C13H27N3O3.2ClH/c1-4-11-8-16(13(18)12(14)9-19-3)6-5-15(11)7-10(2)17;;/h10-12,17H,4-9,14H2,1-3H3;2*1H. The van der Waals surface area contributed by atoms with Gasteiger partial charge in [-0.1, -0.05) is 6.92 Å². The van der Waals surface area contributed by atoms with E-state index in [1.54, 1.807) is 14.0 Å². The number of aliphatic hydroxyl groups is 1. The van der Waals surface area contributed by atoms with Crippen LogP contribution in [0.4, 0.5) is 0 Å². The second kappa shape index (κ2) is 11.5. The fraction of sp³-hybridized carbons (Fsp3) is 0.923. The number of carbonyl (C=O) groups excluding carboxylic acids is 1. The van der Waals surface area contributed by atoms with Crippen LogP contribution in [0.3, 0.4) is 0 Å². The fourth-order valence-corrected chi connectivity index (χ4v) is 2.55. The highest BCUT2D eigenvalue weighted by Crippen LogP contribution is 2.14. The van der Waals surface area contributed by atoms with Gasteiger partial charge in [-0.3, -0.25) is 9.69 Å². The van der Waals surface area contributed by atoms with Crippen molar-refractivity contribution in [1.82, 2.24) is 9.80 Å². The molecule has 0 aliphatic carbocycles. The highest BCUT2D eigenvalue weighted by Gasteiger charge is 2.30. The molecular weight excluding hydrogens is 317 g/mol. The van der Waals surface area contributed by atoms with Gasteiger partial charge in [0.1, 0.15) is 6.04 Å². The molecule has 0 aromatic rings. The van der Waals surface area contributed by atoms with Crippen LogP contribution in [0.25, 0.3) is 0 Å². The molecule has 1 heterocycles. The summed E-state index contributed by atoms with van der Waals surface area (Å²) in [5, 5.41) is 9.49. The first kappa shape index (κ1) is 23.2. The average molecular weight is 346 g/mol. The van der Waals surface area contributed by atoms with Crippen molar-refractivity contribution in [3.63, 3.8) is 0 Å². The number of halogens is 2. The lowest BCUT2D eigenvalue weighted by atomic mass is 10.1. The molecule has 1 saturated heterocycles. The number of piperazine rings is 1. The number of rotatable bonds is 6. The van der Waals surface area contributed by atoms with Crippen molar-refractivity contribution in [2.75, 3.05) is 39.9 Å². The maximum Gasteiger partial charge on any atom is 0.241 e. The zero-order chi connectivity index (χ0) is 14.4. The zero-order valence-electron chi connectivity index (χ0n) is 13.0. The Hall–Kier alpha value is -0.110. The van der Waals surface area contributed by atoms with E-state index < -0.39 is 6.04 Å². The average Bonchev–Trinajstić information content (AvgIpc) is 2.38. The number of hydrogen-bond donors (Lipinski definition) is 2. The molecule has 1 rings (SSSR count). The first-order valence-electron chi connectivity index (χ1n) is 6.95. The lowest BCUT2D eigenvalue weighted by Gasteiger charge is -2.42. The first-order valence-corrected chi connectivity index (χ1v) is 6.95. The van der Waals surface area contributed by atoms with Gasteiger partial charge in [0.25, 0.3) is 0 Å². The molecule has 0 aromatic heterocycles. The van der Waals surface area contributed by atoms with Crippen molar-refractivity contribution in [3.8, 4) is 0 Å². The zero-order valence-corrected chi connectivity index (χ0v) is 14.7. The Morgan fingerprint density at radius 3 is 2.52 bits per heavy atom. The van der Waals surface area contributed by atoms with Crippen LogP contribution in [0.15, 0.2) is 0 Å². The van der Waals surface area contributed by atoms with Crippen LogP contribution in [0, 0.1) is 0 Å². The van der Waals surface area contributed by atoms with Gasteiger partial charge < -0.3 is 20.5 Å². The van der Waals surface area contributed by atoms with E-state index >= 15 is 0 Å². The highest BCUT2D eigenvalue weighted by atomic mass is 35.5. The Bertz CT molecular complexity index is 296. The quantitative estimate of drug-likeness (QED) is 0.714. The largest absolute Gasteiger partial charge is 0.392 e. The number of amides is 1. The predicted molar refractivity (Wildman–Crippen MR) is 88.3 cm³/mol.